The number of aromatic nitrogens is 2. The van der Waals surface area contributed by atoms with Crippen LogP contribution in [-0.4, -0.2) is 9.97 Å². The van der Waals surface area contributed by atoms with Crippen molar-refractivity contribution in [1.82, 2.24) is 9.97 Å². The Balaban J connectivity index is 2.30. The average Bonchev–Trinajstić information content (AvgIpc) is 2.24. The third-order valence-electron chi connectivity index (χ3n) is 1.85. The number of halogens is 2. The van der Waals surface area contributed by atoms with Crippen molar-refractivity contribution in [2.75, 3.05) is 11.1 Å². The van der Waals surface area contributed by atoms with E-state index < -0.39 is 0 Å². The molecule has 0 amide bonds. The number of anilines is 3. The van der Waals surface area contributed by atoms with Crippen molar-refractivity contribution < 1.29 is 4.39 Å². The number of hydrogen-bond acceptors (Lipinski definition) is 4. The van der Waals surface area contributed by atoms with Crippen LogP contribution in [0, 0.1) is 5.82 Å². The second kappa shape index (κ2) is 4.44. The second-order valence-electron chi connectivity index (χ2n) is 3.05. The van der Waals surface area contributed by atoms with Gasteiger partial charge in [-0.1, -0.05) is 0 Å². The molecule has 16 heavy (non-hydrogen) atoms. The summed E-state index contributed by atoms with van der Waals surface area (Å²) in [7, 11) is 0. The van der Waals surface area contributed by atoms with E-state index in [-0.39, 0.29) is 5.82 Å². The largest absolute Gasteiger partial charge is 0.384 e. The van der Waals surface area contributed by atoms with Gasteiger partial charge in [0.25, 0.3) is 0 Å². The van der Waals surface area contributed by atoms with Gasteiger partial charge in [-0.3, -0.25) is 0 Å². The summed E-state index contributed by atoms with van der Waals surface area (Å²) in [6, 6.07) is 5.88. The average molecular weight is 283 g/mol. The molecule has 0 saturated carbocycles. The Labute approximate surface area is 99.9 Å². The molecule has 0 fully saturated rings. The minimum absolute atomic E-state index is 0.325. The lowest BCUT2D eigenvalue weighted by molar-refractivity contribution is 0.628. The maximum atomic E-state index is 13.0. The molecule has 0 atom stereocenters. The Bertz CT molecular complexity index is 518. The van der Waals surface area contributed by atoms with Gasteiger partial charge in [0.05, 0.1) is 5.69 Å². The number of rotatable bonds is 2. The SMILES string of the molecule is Nc1ccnc(Nc2cc(F)ccc2Br)n1. The maximum Gasteiger partial charge on any atom is 0.229 e. The van der Waals surface area contributed by atoms with Crippen molar-refractivity contribution in [3.8, 4) is 0 Å². The third-order valence-corrected chi connectivity index (χ3v) is 2.54. The normalized spacial score (nSPS) is 10.1. The van der Waals surface area contributed by atoms with Crippen molar-refractivity contribution in [1.29, 1.82) is 0 Å². The van der Waals surface area contributed by atoms with E-state index in [1.165, 1.54) is 18.3 Å². The molecule has 1 heterocycles. The van der Waals surface area contributed by atoms with Crippen LogP contribution >= 0.6 is 15.9 Å². The Morgan fingerprint density at radius 1 is 1.31 bits per heavy atom. The molecule has 0 bridgehead atoms. The molecule has 0 radical (unpaired) electrons. The van der Waals surface area contributed by atoms with E-state index in [1.807, 2.05) is 0 Å². The van der Waals surface area contributed by atoms with E-state index in [2.05, 4.69) is 31.2 Å². The number of hydrogen-bond donors (Lipinski definition) is 2. The quantitative estimate of drug-likeness (QED) is 0.889. The van der Waals surface area contributed by atoms with Gasteiger partial charge in [-0.05, 0) is 40.2 Å². The molecule has 0 aliphatic carbocycles. The van der Waals surface area contributed by atoms with Crippen LogP contribution in [0.4, 0.5) is 21.8 Å². The van der Waals surface area contributed by atoms with E-state index in [4.69, 9.17) is 5.73 Å². The molecule has 0 spiro atoms. The lowest BCUT2D eigenvalue weighted by Crippen LogP contribution is -2.00. The molecule has 0 aliphatic rings. The summed E-state index contributed by atoms with van der Waals surface area (Å²) < 4.78 is 13.7. The van der Waals surface area contributed by atoms with Crippen LogP contribution in [0.5, 0.6) is 0 Å². The highest BCUT2D eigenvalue weighted by Crippen LogP contribution is 2.25. The lowest BCUT2D eigenvalue weighted by Gasteiger charge is -2.06. The molecular formula is C10H8BrFN4. The Kier molecular flexibility index (Phi) is 3.00. The standard InChI is InChI=1S/C10H8BrFN4/c11-7-2-1-6(12)5-8(7)15-10-14-4-3-9(13)16-10/h1-5H,(H3,13,14,15,16). The molecule has 2 aromatic rings. The van der Waals surface area contributed by atoms with Gasteiger partial charge in [0.15, 0.2) is 0 Å². The van der Waals surface area contributed by atoms with Gasteiger partial charge in [-0.15, -0.1) is 0 Å². The van der Waals surface area contributed by atoms with Crippen molar-refractivity contribution in [2.24, 2.45) is 0 Å². The zero-order valence-electron chi connectivity index (χ0n) is 8.11. The zero-order chi connectivity index (χ0) is 11.5. The molecule has 6 heteroatoms. The molecule has 4 nitrogen and oxygen atoms in total. The van der Waals surface area contributed by atoms with Gasteiger partial charge in [-0.25, -0.2) is 9.37 Å². The van der Waals surface area contributed by atoms with Crippen LogP contribution in [0.25, 0.3) is 0 Å². The second-order valence-corrected chi connectivity index (χ2v) is 3.91. The van der Waals surface area contributed by atoms with Crippen LogP contribution in [0.2, 0.25) is 0 Å². The molecule has 0 aliphatic heterocycles. The highest BCUT2D eigenvalue weighted by molar-refractivity contribution is 9.10. The summed E-state index contributed by atoms with van der Waals surface area (Å²) in [4.78, 5) is 7.91. The third kappa shape index (κ3) is 2.46. The number of benzene rings is 1. The smallest absolute Gasteiger partial charge is 0.229 e. The molecule has 2 rings (SSSR count). The highest BCUT2D eigenvalue weighted by atomic mass is 79.9. The fourth-order valence-corrected chi connectivity index (χ4v) is 1.49. The summed E-state index contributed by atoms with van der Waals surface area (Å²) in [5.41, 5.74) is 6.05. The topological polar surface area (TPSA) is 63.8 Å². The number of nitrogens with zero attached hydrogens (tertiary/aromatic N) is 2. The molecule has 0 unspecified atom stereocenters. The summed E-state index contributed by atoms with van der Waals surface area (Å²) in [6.45, 7) is 0. The van der Waals surface area contributed by atoms with E-state index >= 15 is 0 Å². The highest BCUT2D eigenvalue weighted by Gasteiger charge is 2.03. The fraction of sp³-hybridized carbons (Fsp3) is 0. The van der Waals surface area contributed by atoms with E-state index in [0.717, 1.165) is 4.47 Å². The molecule has 1 aromatic carbocycles. The number of nitrogens with one attached hydrogen (secondary N) is 1. The first-order valence-electron chi connectivity index (χ1n) is 4.46. The summed E-state index contributed by atoms with van der Waals surface area (Å²) in [5, 5.41) is 2.86. The monoisotopic (exact) mass is 282 g/mol. The van der Waals surface area contributed by atoms with Gasteiger partial charge in [0.1, 0.15) is 11.6 Å². The van der Waals surface area contributed by atoms with Gasteiger partial charge >= 0.3 is 0 Å². The lowest BCUT2D eigenvalue weighted by atomic mass is 10.3. The summed E-state index contributed by atoms with van der Waals surface area (Å²) >= 11 is 3.29. The first-order valence-corrected chi connectivity index (χ1v) is 5.25. The van der Waals surface area contributed by atoms with Crippen molar-refractivity contribution in [3.63, 3.8) is 0 Å². The van der Waals surface area contributed by atoms with Gasteiger partial charge in [-0.2, -0.15) is 4.98 Å². The fourth-order valence-electron chi connectivity index (χ4n) is 1.15. The Morgan fingerprint density at radius 3 is 2.88 bits per heavy atom. The number of nitrogen functional groups attached to an aromatic ring is 1. The predicted octanol–water partition coefficient (Wildman–Crippen LogP) is 2.70. The Morgan fingerprint density at radius 2 is 2.12 bits per heavy atom. The van der Waals surface area contributed by atoms with E-state index in [1.54, 1.807) is 12.1 Å². The van der Waals surface area contributed by atoms with E-state index in [0.29, 0.717) is 17.5 Å². The first kappa shape index (κ1) is 10.8. The minimum Gasteiger partial charge on any atom is -0.384 e. The molecule has 0 saturated heterocycles. The van der Waals surface area contributed by atoms with Gasteiger partial charge < -0.3 is 11.1 Å². The molecular weight excluding hydrogens is 275 g/mol. The maximum absolute atomic E-state index is 13.0. The molecule has 3 N–H and O–H groups in total. The van der Waals surface area contributed by atoms with Crippen molar-refractivity contribution >= 4 is 33.4 Å². The van der Waals surface area contributed by atoms with Crippen molar-refractivity contribution in [3.05, 3.63) is 40.8 Å². The predicted molar refractivity (Wildman–Crippen MR) is 63.8 cm³/mol. The van der Waals surface area contributed by atoms with Crippen LogP contribution in [-0.2, 0) is 0 Å². The van der Waals surface area contributed by atoms with Crippen molar-refractivity contribution in [2.45, 2.75) is 0 Å². The molecule has 82 valence electrons. The van der Waals surface area contributed by atoms with Crippen LogP contribution in [0.1, 0.15) is 0 Å². The van der Waals surface area contributed by atoms with Gasteiger partial charge in [0.2, 0.25) is 5.95 Å². The van der Waals surface area contributed by atoms with Crippen LogP contribution in [0.3, 0.4) is 0 Å². The summed E-state index contributed by atoms with van der Waals surface area (Å²) in [6.07, 6.45) is 1.53. The molecule has 1 aromatic heterocycles. The first-order chi connectivity index (χ1) is 7.65. The van der Waals surface area contributed by atoms with Crippen LogP contribution in [0.15, 0.2) is 34.9 Å². The van der Waals surface area contributed by atoms with Crippen LogP contribution < -0.4 is 11.1 Å². The number of nitrogens with two attached hydrogens (primary N) is 1. The zero-order valence-corrected chi connectivity index (χ0v) is 9.70. The minimum atomic E-state index is -0.338. The Hall–Kier alpha value is -1.69. The van der Waals surface area contributed by atoms with Gasteiger partial charge in [0, 0.05) is 10.7 Å². The van der Waals surface area contributed by atoms with E-state index in [9.17, 15) is 4.39 Å². The summed E-state index contributed by atoms with van der Waals surface area (Å²) in [5.74, 6) is 0.339.